The van der Waals surface area contributed by atoms with Crippen molar-refractivity contribution >= 4 is 10.0 Å². The smallest absolute Gasteiger partial charge is 0.238 e. The number of nitrogens with one attached hydrogen (secondary N) is 2. The molecule has 8 nitrogen and oxygen atoms in total. The number of H-pyrrole nitrogens is 1. The average molecular weight is 370 g/mol. The SMILES string of the molecule is NS(=O)(=O)c1cccc(-c2ccc([C@@H]3CCNC3)cc2)c1-c1nn[nH]n1. The lowest BCUT2D eigenvalue weighted by atomic mass is 9.94. The van der Waals surface area contributed by atoms with Crippen LogP contribution in [0.15, 0.2) is 47.4 Å². The van der Waals surface area contributed by atoms with Crippen LogP contribution in [0.2, 0.25) is 0 Å². The number of nitrogens with zero attached hydrogens (tertiary/aromatic N) is 3. The normalized spacial score (nSPS) is 17.5. The fourth-order valence-electron chi connectivity index (χ4n) is 3.38. The van der Waals surface area contributed by atoms with Crippen molar-refractivity contribution in [1.29, 1.82) is 0 Å². The lowest BCUT2D eigenvalue weighted by Gasteiger charge is -2.13. The molecule has 1 aromatic heterocycles. The van der Waals surface area contributed by atoms with E-state index in [9.17, 15) is 8.42 Å². The van der Waals surface area contributed by atoms with Gasteiger partial charge in [0.25, 0.3) is 0 Å². The highest BCUT2D eigenvalue weighted by Crippen LogP contribution is 2.35. The maximum atomic E-state index is 12.0. The van der Waals surface area contributed by atoms with Gasteiger partial charge < -0.3 is 5.32 Å². The first-order valence-corrected chi connectivity index (χ1v) is 9.79. The molecule has 0 radical (unpaired) electrons. The van der Waals surface area contributed by atoms with Crippen molar-refractivity contribution in [3.8, 4) is 22.5 Å². The molecule has 134 valence electrons. The second-order valence-corrected chi connectivity index (χ2v) is 7.80. The molecule has 0 amide bonds. The number of nitrogens with two attached hydrogens (primary N) is 1. The molecule has 4 rings (SSSR count). The third-order valence-electron chi connectivity index (χ3n) is 4.66. The third kappa shape index (κ3) is 3.12. The molecule has 9 heteroatoms. The first-order valence-electron chi connectivity index (χ1n) is 8.25. The number of hydrogen-bond acceptors (Lipinski definition) is 6. The van der Waals surface area contributed by atoms with Crippen LogP contribution in [0.3, 0.4) is 0 Å². The van der Waals surface area contributed by atoms with E-state index in [1.54, 1.807) is 6.07 Å². The van der Waals surface area contributed by atoms with Crippen LogP contribution >= 0.6 is 0 Å². The fraction of sp³-hybridized carbons (Fsp3) is 0.235. The summed E-state index contributed by atoms with van der Waals surface area (Å²) >= 11 is 0. The predicted molar refractivity (Wildman–Crippen MR) is 96.7 cm³/mol. The Labute approximate surface area is 150 Å². The van der Waals surface area contributed by atoms with Gasteiger partial charge in [-0.15, -0.1) is 10.2 Å². The van der Waals surface area contributed by atoms with Gasteiger partial charge >= 0.3 is 0 Å². The summed E-state index contributed by atoms with van der Waals surface area (Å²) in [5, 5.41) is 22.6. The number of sulfonamides is 1. The highest BCUT2D eigenvalue weighted by atomic mass is 32.2. The monoisotopic (exact) mass is 370 g/mol. The van der Waals surface area contributed by atoms with Crippen molar-refractivity contribution in [3.63, 3.8) is 0 Å². The molecule has 2 aromatic carbocycles. The Balaban J connectivity index is 1.84. The van der Waals surface area contributed by atoms with Gasteiger partial charge in [0.15, 0.2) is 0 Å². The zero-order valence-corrected chi connectivity index (χ0v) is 14.7. The molecule has 0 spiro atoms. The van der Waals surface area contributed by atoms with E-state index in [4.69, 9.17) is 5.14 Å². The van der Waals surface area contributed by atoms with Crippen LogP contribution < -0.4 is 10.5 Å². The van der Waals surface area contributed by atoms with Gasteiger partial charge in [-0.05, 0) is 46.9 Å². The first kappa shape index (κ1) is 16.8. The van der Waals surface area contributed by atoms with Crippen LogP contribution in [0.1, 0.15) is 17.9 Å². The minimum Gasteiger partial charge on any atom is -0.316 e. The Morgan fingerprint density at radius 3 is 2.54 bits per heavy atom. The lowest BCUT2D eigenvalue weighted by molar-refractivity contribution is 0.598. The van der Waals surface area contributed by atoms with Gasteiger partial charge in [0, 0.05) is 6.54 Å². The van der Waals surface area contributed by atoms with Crippen LogP contribution in [0.4, 0.5) is 0 Å². The fourth-order valence-corrected chi connectivity index (χ4v) is 4.14. The highest BCUT2D eigenvalue weighted by Gasteiger charge is 2.23. The molecular weight excluding hydrogens is 352 g/mol. The number of rotatable bonds is 4. The zero-order chi connectivity index (χ0) is 18.1. The number of primary sulfonamides is 1. The van der Waals surface area contributed by atoms with E-state index in [1.165, 1.54) is 11.6 Å². The summed E-state index contributed by atoms with van der Waals surface area (Å²) in [5.74, 6) is 0.699. The Kier molecular flexibility index (Phi) is 4.27. The quantitative estimate of drug-likeness (QED) is 0.634. The molecule has 0 bridgehead atoms. The van der Waals surface area contributed by atoms with Crippen molar-refractivity contribution in [1.82, 2.24) is 25.9 Å². The molecule has 1 fully saturated rings. The first-order chi connectivity index (χ1) is 12.5. The summed E-state index contributed by atoms with van der Waals surface area (Å²) < 4.78 is 24.1. The molecule has 3 aromatic rings. The molecular formula is C17H18N6O2S. The molecule has 1 aliphatic rings. The summed E-state index contributed by atoms with van der Waals surface area (Å²) in [6, 6.07) is 13.1. The van der Waals surface area contributed by atoms with Gasteiger partial charge in [0.2, 0.25) is 15.8 Å². The van der Waals surface area contributed by atoms with Gasteiger partial charge in [0.1, 0.15) is 0 Å². The zero-order valence-electron chi connectivity index (χ0n) is 13.9. The molecule has 1 atom stereocenters. The van der Waals surface area contributed by atoms with Crippen molar-refractivity contribution in [2.45, 2.75) is 17.2 Å². The lowest BCUT2D eigenvalue weighted by Crippen LogP contribution is -2.14. The van der Waals surface area contributed by atoms with Gasteiger partial charge in [0.05, 0.1) is 10.5 Å². The van der Waals surface area contributed by atoms with Crippen molar-refractivity contribution < 1.29 is 8.42 Å². The molecule has 0 aliphatic carbocycles. The Morgan fingerprint density at radius 2 is 1.92 bits per heavy atom. The minimum absolute atomic E-state index is 0.0273. The van der Waals surface area contributed by atoms with Gasteiger partial charge in [-0.3, -0.25) is 0 Å². The Bertz CT molecular complexity index is 1010. The average Bonchev–Trinajstić information content (AvgIpc) is 3.34. The van der Waals surface area contributed by atoms with E-state index in [0.717, 1.165) is 25.1 Å². The Hall–Kier alpha value is -2.62. The second-order valence-electron chi connectivity index (χ2n) is 6.27. The van der Waals surface area contributed by atoms with E-state index >= 15 is 0 Å². The van der Waals surface area contributed by atoms with Crippen molar-refractivity contribution in [2.24, 2.45) is 5.14 Å². The second kappa shape index (κ2) is 6.60. The van der Waals surface area contributed by atoms with Gasteiger partial charge in [-0.25, -0.2) is 13.6 Å². The largest absolute Gasteiger partial charge is 0.316 e. The highest BCUT2D eigenvalue weighted by molar-refractivity contribution is 7.89. The van der Waals surface area contributed by atoms with Crippen molar-refractivity contribution in [2.75, 3.05) is 13.1 Å². The summed E-state index contributed by atoms with van der Waals surface area (Å²) in [4.78, 5) is -0.0273. The molecule has 0 saturated carbocycles. The maximum Gasteiger partial charge on any atom is 0.238 e. The van der Waals surface area contributed by atoms with Crippen LogP contribution in [-0.2, 0) is 10.0 Å². The van der Waals surface area contributed by atoms with Crippen LogP contribution in [0, 0.1) is 0 Å². The van der Waals surface area contributed by atoms with Crippen LogP contribution in [-0.4, -0.2) is 42.1 Å². The number of aromatic amines is 1. The molecule has 1 aliphatic heterocycles. The number of aromatic nitrogens is 4. The van der Waals surface area contributed by atoms with Gasteiger partial charge in [-0.2, -0.15) is 5.21 Å². The molecule has 2 heterocycles. The molecule has 26 heavy (non-hydrogen) atoms. The van der Waals surface area contributed by atoms with Crippen molar-refractivity contribution in [3.05, 3.63) is 48.0 Å². The summed E-state index contributed by atoms with van der Waals surface area (Å²) in [5.41, 5.74) is 3.17. The third-order valence-corrected chi connectivity index (χ3v) is 5.61. The molecule has 1 saturated heterocycles. The van der Waals surface area contributed by atoms with E-state index < -0.39 is 10.0 Å². The minimum atomic E-state index is -3.94. The number of benzene rings is 2. The summed E-state index contributed by atoms with van der Waals surface area (Å²) in [7, 11) is -3.94. The topological polar surface area (TPSA) is 127 Å². The van der Waals surface area contributed by atoms with E-state index in [2.05, 4.69) is 38.1 Å². The van der Waals surface area contributed by atoms with Crippen LogP contribution in [0.25, 0.3) is 22.5 Å². The maximum absolute atomic E-state index is 12.0. The van der Waals surface area contributed by atoms with E-state index in [-0.39, 0.29) is 10.7 Å². The Morgan fingerprint density at radius 1 is 1.12 bits per heavy atom. The molecule has 0 unspecified atom stereocenters. The number of tetrazole rings is 1. The summed E-state index contributed by atoms with van der Waals surface area (Å²) in [6.07, 6.45) is 1.12. The number of hydrogen-bond donors (Lipinski definition) is 3. The summed E-state index contributed by atoms with van der Waals surface area (Å²) in [6.45, 7) is 2.01. The predicted octanol–water partition coefficient (Wildman–Crippen LogP) is 1.26. The van der Waals surface area contributed by atoms with E-state index in [1.807, 2.05) is 18.2 Å². The molecule has 4 N–H and O–H groups in total. The van der Waals surface area contributed by atoms with Gasteiger partial charge in [-0.1, -0.05) is 36.4 Å². The van der Waals surface area contributed by atoms with E-state index in [0.29, 0.717) is 17.0 Å². The standard InChI is InChI=1S/C17H18N6O2S/c18-26(24,25)15-3-1-2-14(16(15)17-20-22-23-21-17)12-6-4-11(5-7-12)13-8-9-19-10-13/h1-7,13,19H,8-10H2,(H2,18,24,25)(H,20,21,22,23)/t13-/m1/s1. The van der Waals surface area contributed by atoms with Crippen LogP contribution in [0.5, 0.6) is 0 Å².